The van der Waals surface area contributed by atoms with Crippen LogP contribution in [0, 0.1) is 5.82 Å². The van der Waals surface area contributed by atoms with Crippen molar-refractivity contribution in [3.63, 3.8) is 0 Å². The van der Waals surface area contributed by atoms with E-state index in [1.54, 1.807) is 12.1 Å². The van der Waals surface area contributed by atoms with Crippen LogP contribution in [0.25, 0.3) is 0 Å². The Kier molecular flexibility index (Phi) is 6.20. The van der Waals surface area contributed by atoms with Crippen LogP contribution in [-0.2, 0) is 21.3 Å². The summed E-state index contributed by atoms with van der Waals surface area (Å²) in [6.07, 6.45) is 1.64. The van der Waals surface area contributed by atoms with Gasteiger partial charge in [0.15, 0.2) is 0 Å². The molecule has 1 unspecified atom stereocenters. The first-order valence-electron chi connectivity index (χ1n) is 8.68. The zero-order valence-corrected chi connectivity index (χ0v) is 15.5. The Balaban J connectivity index is 1.64. The van der Waals surface area contributed by atoms with E-state index in [0.717, 1.165) is 12.8 Å². The van der Waals surface area contributed by atoms with Crippen LogP contribution in [0.15, 0.2) is 53.4 Å². The molecule has 1 amide bonds. The highest BCUT2D eigenvalue weighted by molar-refractivity contribution is 7.89. The van der Waals surface area contributed by atoms with Gasteiger partial charge in [0.05, 0.1) is 11.0 Å². The lowest BCUT2D eigenvalue weighted by molar-refractivity contribution is 0.0950. The van der Waals surface area contributed by atoms with Gasteiger partial charge < -0.3 is 10.1 Å². The summed E-state index contributed by atoms with van der Waals surface area (Å²) in [7, 11) is -3.74. The van der Waals surface area contributed by atoms with Gasteiger partial charge in [-0.1, -0.05) is 18.2 Å². The highest BCUT2D eigenvalue weighted by atomic mass is 32.2. The number of nitrogens with one attached hydrogen (secondary N) is 2. The molecule has 27 heavy (non-hydrogen) atoms. The summed E-state index contributed by atoms with van der Waals surface area (Å²) >= 11 is 0. The Bertz CT molecular complexity index is 911. The average molecular weight is 392 g/mol. The fraction of sp³-hybridized carbons (Fsp3) is 0.316. The lowest BCUT2D eigenvalue weighted by atomic mass is 10.2. The molecule has 0 aliphatic carbocycles. The van der Waals surface area contributed by atoms with Crippen LogP contribution in [0.3, 0.4) is 0 Å². The molecule has 0 saturated carbocycles. The summed E-state index contributed by atoms with van der Waals surface area (Å²) in [4.78, 5) is 12.3. The normalized spacial score (nSPS) is 17.0. The van der Waals surface area contributed by atoms with Crippen molar-refractivity contribution < 1.29 is 22.3 Å². The molecule has 2 aromatic rings. The van der Waals surface area contributed by atoms with Gasteiger partial charge in [0, 0.05) is 25.3 Å². The van der Waals surface area contributed by atoms with Gasteiger partial charge in [-0.05, 0) is 48.7 Å². The Hall–Kier alpha value is -2.29. The summed E-state index contributed by atoms with van der Waals surface area (Å²) in [6, 6.07) is 11.7. The van der Waals surface area contributed by atoms with Crippen molar-refractivity contribution in [2.45, 2.75) is 30.4 Å². The smallest absolute Gasteiger partial charge is 0.251 e. The number of hydrogen-bond acceptors (Lipinski definition) is 4. The second-order valence-electron chi connectivity index (χ2n) is 6.33. The molecular weight excluding hydrogens is 371 g/mol. The van der Waals surface area contributed by atoms with Gasteiger partial charge >= 0.3 is 0 Å². The van der Waals surface area contributed by atoms with E-state index in [1.165, 1.54) is 36.4 Å². The molecule has 1 atom stereocenters. The van der Waals surface area contributed by atoms with Crippen LogP contribution >= 0.6 is 0 Å². The molecule has 0 radical (unpaired) electrons. The fourth-order valence-corrected chi connectivity index (χ4v) is 3.94. The van der Waals surface area contributed by atoms with Gasteiger partial charge in [0.2, 0.25) is 10.0 Å². The van der Waals surface area contributed by atoms with E-state index in [2.05, 4.69) is 10.0 Å². The maximum atomic E-state index is 13.2. The zero-order chi connectivity index (χ0) is 19.3. The molecule has 1 fully saturated rings. The van der Waals surface area contributed by atoms with Crippen molar-refractivity contribution in [1.29, 1.82) is 0 Å². The van der Waals surface area contributed by atoms with Gasteiger partial charge in [0.1, 0.15) is 5.82 Å². The summed E-state index contributed by atoms with van der Waals surface area (Å²) in [5.74, 6) is -0.817. The molecule has 1 saturated heterocycles. The minimum Gasteiger partial charge on any atom is -0.377 e. The molecular formula is C19H21FN2O4S. The predicted molar refractivity (Wildman–Crippen MR) is 98.2 cm³/mol. The third kappa shape index (κ3) is 5.35. The van der Waals surface area contributed by atoms with Crippen LogP contribution in [0.2, 0.25) is 0 Å². The van der Waals surface area contributed by atoms with Crippen LogP contribution in [0.1, 0.15) is 28.8 Å². The molecule has 2 N–H and O–H groups in total. The van der Waals surface area contributed by atoms with Crippen LogP contribution in [0.4, 0.5) is 4.39 Å². The Morgan fingerprint density at radius 2 is 2.00 bits per heavy atom. The number of ether oxygens (including phenoxy) is 1. The number of hydrogen-bond donors (Lipinski definition) is 2. The van der Waals surface area contributed by atoms with E-state index < -0.39 is 15.9 Å². The molecule has 1 heterocycles. The molecule has 1 aliphatic heterocycles. The first kappa shape index (κ1) is 19.5. The number of halogens is 1. The number of benzene rings is 2. The largest absolute Gasteiger partial charge is 0.377 e. The SMILES string of the molecule is O=C(NCc1cccc(F)c1)c1cccc(S(=O)(=O)NCC2CCCO2)c1. The molecule has 1 aliphatic rings. The molecule has 2 aromatic carbocycles. The molecule has 0 spiro atoms. The van der Waals surface area contributed by atoms with E-state index in [4.69, 9.17) is 4.74 Å². The zero-order valence-electron chi connectivity index (χ0n) is 14.7. The Morgan fingerprint density at radius 3 is 2.74 bits per heavy atom. The lowest BCUT2D eigenvalue weighted by Crippen LogP contribution is -2.32. The van der Waals surface area contributed by atoms with E-state index >= 15 is 0 Å². The average Bonchev–Trinajstić information content (AvgIpc) is 3.18. The number of carbonyl (C=O) groups excluding carboxylic acids is 1. The van der Waals surface area contributed by atoms with Crippen molar-refractivity contribution in [3.05, 3.63) is 65.5 Å². The summed E-state index contributed by atoms with van der Waals surface area (Å²) in [5.41, 5.74) is 0.830. The molecule has 3 rings (SSSR count). The van der Waals surface area contributed by atoms with Crippen LogP contribution in [-0.4, -0.2) is 33.6 Å². The second kappa shape index (κ2) is 8.60. The first-order valence-corrected chi connectivity index (χ1v) is 10.2. The maximum absolute atomic E-state index is 13.2. The molecule has 8 heteroatoms. The van der Waals surface area contributed by atoms with Gasteiger partial charge in [-0.2, -0.15) is 0 Å². The third-order valence-electron chi connectivity index (χ3n) is 4.27. The number of amides is 1. The molecule has 0 bridgehead atoms. The quantitative estimate of drug-likeness (QED) is 0.757. The van der Waals surface area contributed by atoms with Gasteiger partial charge in [-0.25, -0.2) is 17.5 Å². The first-order chi connectivity index (χ1) is 12.9. The fourth-order valence-electron chi connectivity index (χ4n) is 2.83. The van der Waals surface area contributed by atoms with E-state index in [-0.39, 0.29) is 35.5 Å². The summed E-state index contributed by atoms with van der Waals surface area (Å²) in [5, 5.41) is 2.66. The topological polar surface area (TPSA) is 84.5 Å². The van der Waals surface area contributed by atoms with Gasteiger partial charge in [-0.3, -0.25) is 4.79 Å². The van der Waals surface area contributed by atoms with Crippen LogP contribution < -0.4 is 10.0 Å². The summed E-state index contributed by atoms with van der Waals surface area (Å²) in [6.45, 7) is 0.997. The number of rotatable bonds is 7. The standard InChI is InChI=1S/C19H21FN2O4S/c20-16-6-1-4-14(10-16)12-21-19(23)15-5-2-8-18(11-15)27(24,25)22-13-17-7-3-9-26-17/h1-2,4-6,8,10-11,17,22H,3,7,9,12-13H2,(H,21,23). The highest BCUT2D eigenvalue weighted by Gasteiger charge is 2.21. The van der Waals surface area contributed by atoms with Crippen molar-refractivity contribution in [2.75, 3.05) is 13.2 Å². The van der Waals surface area contributed by atoms with Crippen molar-refractivity contribution in [3.8, 4) is 0 Å². The molecule has 0 aromatic heterocycles. The Labute approximate surface area is 157 Å². The van der Waals surface area contributed by atoms with Crippen LogP contribution in [0.5, 0.6) is 0 Å². The predicted octanol–water partition coefficient (Wildman–Crippen LogP) is 2.21. The van der Waals surface area contributed by atoms with E-state index in [0.29, 0.717) is 12.2 Å². The van der Waals surface area contributed by atoms with Gasteiger partial charge in [0.25, 0.3) is 5.91 Å². The van der Waals surface area contributed by atoms with E-state index in [9.17, 15) is 17.6 Å². The second-order valence-corrected chi connectivity index (χ2v) is 8.09. The third-order valence-corrected chi connectivity index (χ3v) is 5.69. The van der Waals surface area contributed by atoms with Gasteiger partial charge in [-0.15, -0.1) is 0 Å². The lowest BCUT2D eigenvalue weighted by Gasteiger charge is -2.12. The monoisotopic (exact) mass is 392 g/mol. The minimum atomic E-state index is -3.74. The van der Waals surface area contributed by atoms with E-state index in [1.807, 2.05) is 0 Å². The summed E-state index contributed by atoms with van der Waals surface area (Å²) < 4.78 is 46.0. The highest BCUT2D eigenvalue weighted by Crippen LogP contribution is 2.15. The van der Waals surface area contributed by atoms with Crippen molar-refractivity contribution in [2.24, 2.45) is 0 Å². The Morgan fingerprint density at radius 1 is 1.19 bits per heavy atom. The maximum Gasteiger partial charge on any atom is 0.251 e. The minimum absolute atomic E-state index is 0.0129. The number of sulfonamides is 1. The number of carbonyl (C=O) groups is 1. The molecule has 144 valence electrons. The molecule has 6 nitrogen and oxygen atoms in total. The van der Waals surface area contributed by atoms with Crippen molar-refractivity contribution >= 4 is 15.9 Å². The van der Waals surface area contributed by atoms with Crippen molar-refractivity contribution in [1.82, 2.24) is 10.0 Å².